The van der Waals surface area contributed by atoms with Crippen LogP contribution >= 0.6 is 0 Å². The van der Waals surface area contributed by atoms with E-state index in [-0.39, 0.29) is 25.1 Å². The van der Waals surface area contributed by atoms with Crippen molar-refractivity contribution in [3.05, 3.63) is 71.8 Å². The van der Waals surface area contributed by atoms with E-state index in [0.717, 1.165) is 30.4 Å². The molecule has 1 N–H and O–H groups in total. The number of hydrogen-bond donors (Lipinski definition) is 1. The number of carbonyl (C=O) groups excluding carboxylic acids is 2. The topological polar surface area (TPSA) is 92.3 Å². The van der Waals surface area contributed by atoms with Crippen LogP contribution in [0.2, 0.25) is 0 Å². The fourth-order valence-electron chi connectivity index (χ4n) is 5.92. The molecule has 8 heteroatoms. The molecule has 0 radical (unpaired) electrons. The zero-order chi connectivity index (χ0) is 31.0. The van der Waals surface area contributed by atoms with Gasteiger partial charge in [0.15, 0.2) is 18.7 Å². The molecule has 0 bridgehead atoms. The smallest absolute Gasteiger partial charge is 0.306 e. The lowest BCUT2D eigenvalue weighted by Crippen LogP contribution is -2.67. The lowest BCUT2D eigenvalue weighted by molar-refractivity contribution is -0.346. The minimum atomic E-state index is -0.861. The van der Waals surface area contributed by atoms with E-state index in [1.165, 1.54) is 58.3 Å². The molecule has 0 aromatic heterocycles. The zero-order valence-electron chi connectivity index (χ0n) is 26.5. The van der Waals surface area contributed by atoms with E-state index in [4.69, 9.17) is 23.7 Å². The molecule has 6 atom stereocenters. The number of nitrogens with one attached hydrogen (secondary N) is 1. The largest absolute Gasteiger partial charge is 0.457 e. The molecule has 1 amide bonds. The molecule has 2 heterocycles. The number of fused-ring (bicyclic) bond motifs is 1. The first-order chi connectivity index (χ1) is 21.5. The molecule has 2 aliphatic heterocycles. The minimum absolute atomic E-state index is 0.231. The molecule has 8 nitrogen and oxygen atoms in total. The fraction of sp³-hybridized carbons (Fsp3) is 0.611. The van der Waals surface area contributed by atoms with Gasteiger partial charge in [-0.3, -0.25) is 9.59 Å². The van der Waals surface area contributed by atoms with Crippen LogP contribution in [0, 0.1) is 0 Å². The summed E-state index contributed by atoms with van der Waals surface area (Å²) in [5, 5.41) is 2.94. The lowest BCUT2D eigenvalue weighted by atomic mass is 9.95. The van der Waals surface area contributed by atoms with Gasteiger partial charge in [-0.2, -0.15) is 0 Å². The Hall–Kier alpha value is -2.78. The Kier molecular flexibility index (Phi) is 14.6. The summed E-state index contributed by atoms with van der Waals surface area (Å²) in [7, 11) is 0. The summed E-state index contributed by atoms with van der Waals surface area (Å²) in [4.78, 5) is 25.6. The molecule has 44 heavy (non-hydrogen) atoms. The van der Waals surface area contributed by atoms with Gasteiger partial charge in [0.25, 0.3) is 0 Å². The molecule has 0 unspecified atom stereocenters. The first kappa shape index (κ1) is 34.1. The van der Waals surface area contributed by atoms with Crippen molar-refractivity contribution in [2.45, 2.75) is 134 Å². The van der Waals surface area contributed by atoms with Gasteiger partial charge in [-0.25, -0.2) is 0 Å². The van der Waals surface area contributed by atoms with Gasteiger partial charge in [-0.1, -0.05) is 132 Å². The van der Waals surface area contributed by atoms with Crippen molar-refractivity contribution in [1.29, 1.82) is 0 Å². The molecule has 2 aliphatic rings. The Bertz CT molecular complexity index is 1100. The normalized spacial score (nSPS) is 24.8. The summed E-state index contributed by atoms with van der Waals surface area (Å²) in [6.45, 7) is 4.18. The molecule has 2 aromatic carbocycles. The average Bonchev–Trinajstić information content (AvgIpc) is 3.04. The van der Waals surface area contributed by atoms with Gasteiger partial charge in [0.05, 0.1) is 13.2 Å². The van der Waals surface area contributed by atoms with Crippen molar-refractivity contribution in [3.63, 3.8) is 0 Å². The first-order valence-electron chi connectivity index (χ1n) is 16.6. The summed E-state index contributed by atoms with van der Waals surface area (Å²) in [5.41, 5.74) is 1.82. The molecule has 0 aliphatic carbocycles. The second-order valence-electron chi connectivity index (χ2n) is 12.0. The Morgan fingerprint density at radius 3 is 2.07 bits per heavy atom. The third-order valence-corrected chi connectivity index (χ3v) is 8.29. The predicted octanol–water partition coefficient (Wildman–Crippen LogP) is 7.16. The van der Waals surface area contributed by atoms with Crippen molar-refractivity contribution in [2.75, 3.05) is 6.61 Å². The lowest BCUT2D eigenvalue weighted by Gasteiger charge is -2.48. The number of amides is 1. The molecule has 0 saturated carbocycles. The highest BCUT2D eigenvalue weighted by molar-refractivity contribution is 5.73. The summed E-state index contributed by atoms with van der Waals surface area (Å²) >= 11 is 0. The number of hydrogen-bond acceptors (Lipinski definition) is 7. The number of ether oxygens (including phenoxy) is 5. The number of benzene rings is 2. The maximum atomic E-state index is 13.2. The van der Waals surface area contributed by atoms with E-state index >= 15 is 0 Å². The Labute approximate surface area is 263 Å². The van der Waals surface area contributed by atoms with Crippen LogP contribution in [0.4, 0.5) is 0 Å². The van der Waals surface area contributed by atoms with Crippen LogP contribution in [0.5, 0.6) is 0 Å². The molecule has 0 spiro atoms. The third-order valence-electron chi connectivity index (χ3n) is 8.29. The highest BCUT2D eigenvalue weighted by atomic mass is 16.8. The van der Waals surface area contributed by atoms with Crippen molar-refractivity contribution < 1.29 is 33.3 Å². The number of esters is 1. The maximum absolute atomic E-state index is 13.2. The van der Waals surface area contributed by atoms with Crippen molar-refractivity contribution in [3.8, 4) is 0 Å². The Morgan fingerprint density at radius 1 is 0.818 bits per heavy atom. The SMILES string of the molecule is CCCCCCCCCCCCCC(=O)O[C@H]1[C@H](NC(C)=O)[C@H](OCc2ccccc2)O[C@H]2CO[C@H](c3ccccc3)O[C@@H]12. The molecule has 242 valence electrons. The highest BCUT2D eigenvalue weighted by Crippen LogP contribution is 2.36. The van der Waals surface area contributed by atoms with Crippen LogP contribution in [-0.2, 0) is 39.9 Å². The summed E-state index contributed by atoms with van der Waals surface area (Å²) < 4.78 is 31.1. The van der Waals surface area contributed by atoms with Crippen LogP contribution in [0.15, 0.2) is 60.7 Å². The molecular weight excluding hydrogens is 558 g/mol. The minimum Gasteiger partial charge on any atom is -0.457 e. The van der Waals surface area contributed by atoms with Crippen molar-refractivity contribution in [2.24, 2.45) is 0 Å². The van der Waals surface area contributed by atoms with Crippen LogP contribution in [0.3, 0.4) is 0 Å². The number of rotatable bonds is 18. The number of unbranched alkanes of at least 4 members (excludes halogenated alkanes) is 10. The van der Waals surface area contributed by atoms with E-state index < -0.39 is 36.9 Å². The first-order valence-corrected chi connectivity index (χ1v) is 16.6. The van der Waals surface area contributed by atoms with Crippen LogP contribution < -0.4 is 5.32 Å². The molecule has 2 fully saturated rings. The quantitative estimate of drug-likeness (QED) is 0.142. The molecule has 4 rings (SSSR count). The van der Waals surface area contributed by atoms with E-state index in [2.05, 4.69) is 12.2 Å². The average molecular weight is 610 g/mol. The molecular formula is C36H51NO7. The van der Waals surface area contributed by atoms with Crippen molar-refractivity contribution >= 4 is 11.9 Å². The van der Waals surface area contributed by atoms with Gasteiger partial charge < -0.3 is 29.0 Å². The number of carbonyl (C=O) groups is 2. The Morgan fingerprint density at radius 2 is 1.43 bits per heavy atom. The van der Waals surface area contributed by atoms with E-state index in [0.29, 0.717) is 6.42 Å². The Balaban J connectivity index is 1.36. The second kappa shape index (κ2) is 18.9. The fourth-order valence-corrected chi connectivity index (χ4v) is 5.92. The predicted molar refractivity (Wildman–Crippen MR) is 168 cm³/mol. The van der Waals surface area contributed by atoms with Gasteiger partial charge in [0.1, 0.15) is 18.2 Å². The summed E-state index contributed by atoms with van der Waals surface area (Å²) in [5.74, 6) is -0.585. The van der Waals surface area contributed by atoms with Gasteiger partial charge in [-0.15, -0.1) is 0 Å². The zero-order valence-corrected chi connectivity index (χ0v) is 26.5. The van der Waals surface area contributed by atoms with E-state index in [1.54, 1.807) is 0 Å². The molecule has 2 aromatic rings. The standard InChI is InChI=1S/C36H51NO7/c1-3-4-5-6-7-8-9-10-11-12-19-24-31(39)43-34-32(37-27(2)38)36(40-25-28-20-15-13-16-21-28)42-30-26-41-35(44-33(30)34)29-22-17-14-18-23-29/h13-18,20-23,30,32-36H,3-12,19,24-26H2,1-2H3,(H,37,38)/t30-,32-,33+,34-,35-,36+/m0/s1. The van der Waals surface area contributed by atoms with Gasteiger partial charge >= 0.3 is 5.97 Å². The molecule has 2 saturated heterocycles. The van der Waals surface area contributed by atoms with Gasteiger partial charge in [-0.05, 0) is 12.0 Å². The second-order valence-corrected chi connectivity index (χ2v) is 12.0. The summed E-state index contributed by atoms with van der Waals surface area (Å²) in [6.07, 6.45) is 10.1. The van der Waals surface area contributed by atoms with Gasteiger partial charge in [0, 0.05) is 18.9 Å². The van der Waals surface area contributed by atoms with Crippen LogP contribution in [-0.4, -0.2) is 49.1 Å². The summed E-state index contributed by atoms with van der Waals surface area (Å²) in [6, 6.07) is 18.6. The highest BCUT2D eigenvalue weighted by Gasteiger charge is 2.52. The van der Waals surface area contributed by atoms with Gasteiger partial charge in [0.2, 0.25) is 5.91 Å². The van der Waals surface area contributed by atoms with Crippen LogP contribution in [0.1, 0.15) is 108 Å². The van der Waals surface area contributed by atoms with E-state index in [9.17, 15) is 9.59 Å². The van der Waals surface area contributed by atoms with Crippen molar-refractivity contribution in [1.82, 2.24) is 5.32 Å². The third kappa shape index (κ3) is 11.0. The monoisotopic (exact) mass is 609 g/mol. The van der Waals surface area contributed by atoms with Crippen LogP contribution in [0.25, 0.3) is 0 Å². The maximum Gasteiger partial charge on any atom is 0.306 e. The van der Waals surface area contributed by atoms with E-state index in [1.807, 2.05) is 60.7 Å².